The summed E-state index contributed by atoms with van der Waals surface area (Å²) in [4.78, 5) is 1.67. The van der Waals surface area contributed by atoms with Crippen molar-refractivity contribution < 1.29 is 14.4 Å². The maximum atomic E-state index is 6.09. The van der Waals surface area contributed by atoms with Crippen LogP contribution in [0.15, 0.2) is 18.2 Å². The summed E-state index contributed by atoms with van der Waals surface area (Å²) in [5.74, 6) is 0.776. The molecule has 1 aliphatic rings. The van der Waals surface area contributed by atoms with E-state index in [0.717, 1.165) is 24.5 Å². The molecule has 0 amide bonds. The molecular weight excluding hydrogens is 262 g/mol. The van der Waals surface area contributed by atoms with Gasteiger partial charge in [-0.2, -0.15) is 0 Å². The summed E-state index contributed by atoms with van der Waals surface area (Å²) >= 11 is 6.09. The number of hydrogen-bond acceptors (Lipinski definition) is 2. The number of halogens is 1. The number of hydrogen-bond donors (Lipinski definition) is 1. The van der Waals surface area contributed by atoms with E-state index >= 15 is 0 Å². The summed E-state index contributed by atoms with van der Waals surface area (Å²) in [6, 6.07) is 5.78. The highest BCUT2D eigenvalue weighted by molar-refractivity contribution is 6.32. The van der Waals surface area contributed by atoms with Crippen molar-refractivity contribution in [2.45, 2.75) is 19.8 Å². The van der Waals surface area contributed by atoms with Crippen molar-refractivity contribution in [2.75, 3.05) is 39.5 Å². The zero-order chi connectivity index (χ0) is 13.5. The number of aryl methyl sites for hydroxylation is 1. The van der Waals surface area contributed by atoms with Crippen molar-refractivity contribution in [1.82, 2.24) is 0 Å². The predicted octanol–water partition coefficient (Wildman–Crippen LogP) is 1.72. The van der Waals surface area contributed by atoms with E-state index < -0.39 is 0 Å². The quantitative estimate of drug-likeness (QED) is 0.771. The molecule has 0 unspecified atom stereocenters. The predicted molar refractivity (Wildman–Crippen MR) is 77.3 cm³/mol. The Hall–Kier alpha value is -0.770. The molecule has 0 radical (unpaired) electrons. The molecule has 0 spiro atoms. The summed E-state index contributed by atoms with van der Waals surface area (Å²) in [6.45, 7) is 7.72. The summed E-state index contributed by atoms with van der Waals surface area (Å²) in [7, 11) is 0. The van der Waals surface area contributed by atoms with Crippen molar-refractivity contribution in [2.24, 2.45) is 0 Å². The van der Waals surface area contributed by atoms with Crippen molar-refractivity contribution in [3.05, 3.63) is 28.8 Å². The second-order valence-corrected chi connectivity index (χ2v) is 5.46. The average Bonchev–Trinajstić information content (AvgIpc) is 2.89. The third-order valence-electron chi connectivity index (χ3n) is 3.55. The SMILES string of the molecule is Cc1cccc(Cl)c1OCCOCC[NH+]1CCCC1. The topological polar surface area (TPSA) is 22.9 Å². The van der Waals surface area contributed by atoms with Gasteiger partial charge in [-0.15, -0.1) is 0 Å². The first-order chi connectivity index (χ1) is 9.27. The summed E-state index contributed by atoms with van der Waals surface area (Å²) in [5, 5.41) is 0.668. The van der Waals surface area contributed by atoms with Crippen LogP contribution in [-0.2, 0) is 4.74 Å². The summed E-state index contributed by atoms with van der Waals surface area (Å²) in [5.41, 5.74) is 1.06. The van der Waals surface area contributed by atoms with Gasteiger partial charge >= 0.3 is 0 Å². The lowest BCUT2D eigenvalue weighted by Crippen LogP contribution is -3.10. The molecule has 1 fully saturated rings. The first kappa shape index (κ1) is 14.6. The zero-order valence-corrected chi connectivity index (χ0v) is 12.3. The van der Waals surface area contributed by atoms with Crippen LogP contribution in [0.2, 0.25) is 5.02 Å². The Morgan fingerprint density at radius 3 is 2.68 bits per heavy atom. The van der Waals surface area contributed by atoms with Gasteiger partial charge in [-0.05, 0) is 18.6 Å². The Balaban J connectivity index is 1.58. The molecule has 0 bridgehead atoms. The largest absolute Gasteiger partial charge is 0.489 e. The lowest BCUT2D eigenvalue weighted by Gasteiger charge is -2.13. The van der Waals surface area contributed by atoms with Crippen LogP contribution in [-0.4, -0.2) is 39.5 Å². The molecule has 0 atom stereocenters. The monoisotopic (exact) mass is 284 g/mol. The van der Waals surface area contributed by atoms with E-state index in [2.05, 4.69) is 0 Å². The molecule has 0 saturated carbocycles. The molecule has 1 saturated heterocycles. The van der Waals surface area contributed by atoms with Crippen LogP contribution in [0, 0.1) is 6.92 Å². The summed E-state index contributed by atoms with van der Waals surface area (Å²) in [6.07, 6.45) is 2.73. The number of nitrogens with one attached hydrogen (secondary N) is 1. The standard InChI is InChI=1S/C15H22ClNO2/c1-13-5-4-6-14(16)15(13)19-12-11-18-10-9-17-7-2-3-8-17/h4-6H,2-3,7-12H2,1H3/p+1. The van der Waals surface area contributed by atoms with Crippen LogP contribution in [0.3, 0.4) is 0 Å². The molecule has 4 heteroatoms. The molecule has 1 N–H and O–H groups in total. The van der Waals surface area contributed by atoms with Gasteiger partial charge in [0, 0.05) is 12.8 Å². The molecule has 0 aromatic heterocycles. The van der Waals surface area contributed by atoms with Crippen LogP contribution >= 0.6 is 11.6 Å². The molecule has 19 heavy (non-hydrogen) atoms. The number of quaternary nitrogens is 1. The first-order valence-corrected chi connectivity index (χ1v) is 7.44. The Kier molecular flexibility index (Phi) is 5.95. The number of ether oxygens (including phenoxy) is 2. The normalized spacial score (nSPS) is 15.9. The van der Waals surface area contributed by atoms with Crippen molar-refractivity contribution in [3.8, 4) is 5.75 Å². The van der Waals surface area contributed by atoms with Gasteiger partial charge in [0.25, 0.3) is 0 Å². The lowest BCUT2D eigenvalue weighted by atomic mass is 10.2. The molecule has 1 aliphatic heterocycles. The highest BCUT2D eigenvalue weighted by atomic mass is 35.5. The van der Waals surface area contributed by atoms with E-state index in [9.17, 15) is 0 Å². The maximum Gasteiger partial charge on any atom is 0.140 e. The van der Waals surface area contributed by atoms with Crippen molar-refractivity contribution >= 4 is 11.6 Å². The van der Waals surface area contributed by atoms with Crippen LogP contribution in [0.4, 0.5) is 0 Å². The van der Waals surface area contributed by atoms with E-state index in [1.165, 1.54) is 25.9 Å². The zero-order valence-electron chi connectivity index (χ0n) is 11.6. The van der Waals surface area contributed by atoms with E-state index in [1.807, 2.05) is 25.1 Å². The van der Waals surface area contributed by atoms with Crippen LogP contribution < -0.4 is 9.64 Å². The smallest absolute Gasteiger partial charge is 0.140 e. The molecule has 0 aliphatic carbocycles. The number of likely N-dealkylation sites (tertiary alicyclic amines) is 1. The molecule has 2 rings (SSSR count). The highest BCUT2D eigenvalue weighted by Crippen LogP contribution is 2.27. The fraction of sp³-hybridized carbons (Fsp3) is 0.600. The van der Waals surface area contributed by atoms with Gasteiger partial charge < -0.3 is 14.4 Å². The van der Waals surface area contributed by atoms with Gasteiger partial charge in [-0.1, -0.05) is 23.7 Å². The Morgan fingerprint density at radius 1 is 1.16 bits per heavy atom. The van der Waals surface area contributed by atoms with E-state index in [0.29, 0.717) is 18.2 Å². The second-order valence-electron chi connectivity index (χ2n) is 5.05. The second kappa shape index (κ2) is 7.73. The molecule has 3 nitrogen and oxygen atoms in total. The maximum absolute atomic E-state index is 6.09. The van der Waals surface area contributed by atoms with Gasteiger partial charge in [-0.3, -0.25) is 0 Å². The van der Waals surface area contributed by atoms with Crippen LogP contribution in [0.5, 0.6) is 5.75 Å². The van der Waals surface area contributed by atoms with E-state index in [1.54, 1.807) is 4.90 Å². The minimum Gasteiger partial charge on any atom is -0.489 e. The van der Waals surface area contributed by atoms with Gasteiger partial charge in [0.05, 0.1) is 31.3 Å². The third-order valence-corrected chi connectivity index (χ3v) is 3.85. The van der Waals surface area contributed by atoms with E-state index in [-0.39, 0.29) is 0 Å². The van der Waals surface area contributed by atoms with Gasteiger partial charge in [-0.25, -0.2) is 0 Å². The van der Waals surface area contributed by atoms with Crippen LogP contribution in [0.25, 0.3) is 0 Å². The van der Waals surface area contributed by atoms with Gasteiger partial charge in [0.2, 0.25) is 0 Å². The molecule has 106 valence electrons. The van der Waals surface area contributed by atoms with E-state index in [4.69, 9.17) is 21.1 Å². The lowest BCUT2D eigenvalue weighted by molar-refractivity contribution is -0.887. The molecule has 1 aromatic carbocycles. The minimum absolute atomic E-state index is 0.555. The Bertz CT molecular complexity index is 371. The fourth-order valence-electron chi connectivity index (χ4n) is 2.45. The van der Waals surface area contributed by atoms with Crippen molar-refractivity contribution in [3.63, 3.8) is 0 Å². The molecule has 1 aromatic rings. The fourth-order valence-corrected chi connectivity index (χ4v) is 2.72. The molecular formula is C15H23ClNO2+. The number of rotatable bonds is 7. The minimum atomic E-state index is 0.555. The highest BCUT2D eigenvalue weighted by Gasteiger charge is 2.14. The third kappa shape index (κ3) is 4.68. The first-order valence-electron chi connectivity index (χ1n) is 7.06. The Morgan fingerprint density at radius 2 is 1.95 bits per heavy atom. The van der Waals surface area contributed by atoms with Crippen LogP contribution in [0.1, 0.15) is 18.4 Å². The average molecular weight is 285 g/mol. The van der Waals surface area contributed by atoms with Gasteiger partial charge in [0.1, 0.15) is 18.9 Å². The van der Waals surface area contributed by atoms with Gasteiger partial charge in [0.15, 0.2) is 0 Å². The number of para-hydroxylation sites is 1. The summed E-state index contributed by atoms with van der Waals surface area (Å²) < 4.78 is 11.3. The van der Waals surface area contributed by atoms with Crippen molar-refractivity contribution in [1.29, 1.82) is 0 Å². The Labute approximate surface area is 120 Å². The molecule has 1 heterocycles. The number of benzene rings is 1.